The molecule has 0 amide bonds. The van der Waals surface area contributed by atoms with Crippen molar-refractivity contribution in [3.63, 3.8) is 0 Å². The van der Waals surface area contributed by atoms with Gasteiger partial charge in [-0.1, -0.05) is 59.9 Å². The van der Waals surface area contributed by atoms with Gasteiger partial charge in [-0.05, 0) is 95.0 Å². The molecule has 0 spiro atoms. The number of benzene rings is 3. The van der Waals surface area contributed by atoms with Crippen molar-refractivity contribution in [1.82, 2.24) is 4.57 Å². The summed E-state index contributed by atoms with van der Waals surface area (Å²) in [4.78, 5) is 32.5. The van der Waals surface area contributed by atoms with E-state index in [1.807, 2.05) is 86.7 Å². The normalized spacial score (nSPS) is 14.9. The van der Waals surface area contributed by atoms with Gasteiger partial charge in [-0.25, -0.2) is 9.79 Å². The first-order valence-corrected chi connectivity index (χ1v) is 16.2. The number of carbonyl (C=O) groups is 1. The first kappa shape index (κ1) is 31.0. The maximum atomic E-state index is 14.1. The number of thiazole rings is 1. The Morgan fingerprint density at radius 3 is 2.42 bits per heavy atom. The molecule has 222 valence electrons. The fourth-order valence-corrected chi connectivity index (χ4v) is 7.33. The molecule has 4 aromatic rings. The lowest BCUT2D eigenvalue weighted by molar-refractivity contribution is -0.139. The first-order chi connectivity index (χ1) is 20.7. The van der Waals surface area contributed by atoms with Crippen LogP contribution in [0.3, 0.4) is 0 Å². The van der Waals surface area contributed by atoms with Crippen molar-refractivity contribution >= 4 is 55.2 Å². The van der Waals surface area contributed by atoms with Crippen molar-refractivity contribution in [3.8, 4) is 11.5 Å². The molecule has 1 atom stereocenters. The SMILES string of the molecule is CCOC(=O)C1=C(C)N=c2s/c(=C/c3cc(Br)c(OCc4ccccc4)c(Br)c3)c(=O)n2[C@@H]1c1ccccc1OC(C)C. The third-order valence-electron chi connectivity index (χ3n) is 6.64. The Kier molecular flexibility index (Phi) is 9.68. The fourth-order valence-electron chi connectivity index (χ4n) is 4.84. The van der Waals surface area contributed by atoms with Crippen LogP contribution in [-0.2, 0) is 16.1 Å². The zero-order chi connectivity index (χ0) is 30.7. The average molecular weight is 726 g/mol. The summed E-state index contributed by atoms with van der Waals surface area (Å²) in [6.45, 7) is 8.01. The highest BCUT2D eigenvalue weighted by atomic mass is 79.9. The number of esters is 1. The molecule has 0 unspecified atom stereocenters. The number of carbonyl (C=O) groups excluding carboxylic acids is 1. The number of hydrogen-bond donors (Lipinski definition) is 0. The van der Waals surface area contributed by atoms with Crippen LogP contribution >= 0.6 is 43.2 Å². The molecule has 0 radical (unpaired) electrons. The molecule has 10 heteroatoms. The minimum Gasteiger partial charge on any atom is -0.491 e. The highest BCUT2D eigenvalue weighted by molar-refractivity contribution is 9.11. The lowest BCUT2D eigenvalue weighted by atomic mass is 9.95. The minimum absolute atomic E-state index is 0.107. The topological polar surface area (TPSA) is 79.1 Å². The van der Waals surface area contributed by atoms with Crippen LogP contribution in [0.25, 0.3) is 6.08 Å². The predicted molar refractivity (Wildman–Crippen MR) is 175 cm³/mol. The summed E-state index contributed by atoms with van der Waals surface area (Å²) >= 11 is 8.53. The molecule has 0 aliphatic carbocycles. The van der Waals surface area contributed by atoms with Gasteiger partial charge in [-0.2, -0.15) is 0 Å². The van der Waals surface area contributed by atoms with Crippen molar-refractivity contribution in [2.75, 3.05) is 6.61 Å². The number of allylic oxidation sites excluding steroid dienone is 1. The van der Waals surface area contributed by atoms with E-state index in [0.29, 0.717) is 44.3 Å². The van der Waals surface area contributed by atoms with Gasteiger partial charge in [0, 0.05) is 5.56 Å². The predicted octanol–water partition coefficient (Wildman–Crippen LogP) is 6.69. The lowest BCUT2D eigenvalue weighted by Crippen LogP contribution is -2.40. The van der Waals surface area contributed by atoms with E-state index in [9.17, 15) is 9.59 Å². The number of hydrogen-bond acceptors (Lipinski definition) is 7. The van der Waals surface area contributed by atoms with E-state index >= 15 is 0 Å². The van der Waals surface area contributed by atoms with Crippen molar-refractivity contribution in [2.24, 2.45) is 4.99 Å². The van der Waals surface area contributed by atoms with Gasteiger partial charge >= 0.3 is 5.97 Å². The van der Waals surface area contributed by atoms with Crippen LogP contribution in [0.5, 0.6) is 11.5 Å². The summed E-state index contributed by atoms with van der Waals surface area (Å²) in [7, 11) is 0. The van der Waals surface area contributed by atoms with E-state index in [1.165, 1.54) is 11.3 Å². The number of ether oxygens (including phenoxy) is 3. The molecular weight excluding hydrogens is 696 g/mol. The van der Waals surface area contributed by atoms with Gasteiger partial charge in [-0.15, -0.1) is 0 Å². The van der Waals surface area contributed by atoms with Crippen molar-refractivity contribution < 1.29 is 19.0 Å². The van der Waals surface area contributed by atoms with Gasteiger partial charge in [0.1, 0.15) is 24.1 Å². The Morgan fingerprint density at radius 2 is 1.74 bits per heavy atom. The Balaban J connectivity index is 1.60. The van der Waals surface area contributed by atoms with E-state index < -0.39 is 12.0 Å². The van der Waals surface area contributed by atoms with Crippen molar-refractivity contribution in [3.05, 3.63) is 123 Å². The minimum atomic E-state index is -0.764. The summed E-state index contributed by atoms with van der Waals surface area (Å²) in [5.74, 6) is 0.743. The molecule has 0 bridgehead atoms. The smallest absolute Gasteiger partial charge is 0.338 e. The van der Waals surface area contributed by atoms with Crippen LogP contribution in [0.4, 0.5) is 0 Å². The molecule has 5 rings (SSSR count). The van der Waals surface area contributed by atoms with E-state index in [4.69, 9.17) is 14.2 Å². The maximum Gasteiger partial charge on any atom is 0.338 e. The van der Waals surface area contributed by atoms with E-state index in [0.717, 1.165) is 20.1 Å². The second kappa shape index (κ2) is 13.4. The summed E-state index contributed by atoms with van der Waals surface area (Å²) in [5.41, 5.74) is 3.08. The highest BCUT2D eigenvalue weighted by Gasteiger charge is 2.35. The van der Waals surface area contributed by atoms with Crippen LogP contribution in [0, 0.1) is 0 Å². The molecule has 7 nitrogen and oxygen atoms in total. The average Bonchev–Trinajstić information content (AvgIpc) is 3.26. The van der Waals surface area contributed by atoms with Gasteiger partial charge in [0.05, 0.1) is 37.5 Å². The molecule has 1 aromatic heterocycles. The number of para-hydroxylation sites is 1. The van der Waals surface area contributed by atoms with Crippen LogP contribution in [-0.4, -0.2) is 23.2 Å². The zero-order valence-corrected chi connectivity index (χ0v) is 28.1. The van der Waals surface area contributed by atoms with Gasteiger partial charge < -0.3 is 14.2 Å². The lowest BCUT2D eigenvalue weighted by Gasteiger charge is -2.26. The van der Waals surface area contributed by atoms with Crippen LogP contribution < -0.4 is 24.4 Å². The molecular formula is C33H30Br2N2O5S. The second-order valence-electron chi connectivity index (χ2n) is 10.1. The molecule has 43 heavy (non-hydrogen) atoms. The number of nitrogens with zero attached hydrogens (tertiary/aromatic N) is 2. The van der Waals surface area contributed by atoms with Crippen molar-refractivity contribution in [1.29, 1.82) is 0 Å². The largest absolute Gasteiger partial charge is 0.491 e. The van der Waals surface area contributed by atoms with Crippen LogP contribution in [0.15, 0.2) is 96.7 Å². The standard InChI is InChI=1S/C33H30Br2N2O5S/c1-5-40-32(39)28-20(4)36-33-37(29(28)23-13-9-10-14-26(23)42-19(2)3)31(38)27(43-33)17-22-15-24(34)30(25(35)16-22)41-18-21-11-7-6-8-12-21/h6-17,19,29H,5,18H2,1-4H3/b27-17+/t29-/m1/s1. The van der Waals surface area contributed by atoms with Crippen molar-refractivity contribution in [2.45, 2.75) is 46.4 Å². The van der Waals surface area contributed by atoms with Crippen LogP contribution in [0.2, 0.25) is 0 Å². The Morgan fingerprint density at radius 1 is 1.07 bits per heavy atom. The fraction of sp³-hybridized carbons (Fsp3) is 0.242. The van der Waals surface area contributed by atoms with E-state index in [2.05, 4.69) is 36.9 Å². The summed E-state index contributed by atoms with van der Waals surface area (Å²) in [6, 6.07) is 20.4. The zero-order valence-electron chi connectivity index (χ0n) is 24.1. The molecule has 3 aromatic carbocycles. The third-order valence-corrected chi connectivity index (χ3v) is 8.80. The first-order valence-electron chi connectivity index (χ1n) is 13.8. The summed E-state index contributed by atoms with van der Waals surface area (Å²) in [5, 5.41) is 0. The molecule has 0 N–H and O–H groups in total. The van der Waals surface area contributed by atoms with Gasteiger partial charge in [-0.3, -0.25) is 9.36 Å². The van der Waals surface area contributed by atoms with Gasteiger partial charge in [0.25, 0.3) is 5.56 Å². The number of aromatic nitrogens is 1. The second-order valence-corrected chi connectivity index (χ2v) is 12.8. The monoisotopic (exact) mass is 724 g/mol. The third kappa shape index (κ3) is 6.71. The Bertz CT molecular complexity index is 1860. The molecule has 1 aliphatic heterocycles. The number of fused-ring (bicyclic) bond motifs is 1. The molecule has 0 saturated carbocycles. The maximum absolute atomic E-state index is 14.1. The Labute approximate surface area is 270 Å². The quantitative estimate of drug-likeness (QED) is 0.180. The molecule has 0 fully saturated rings. The van der Waals surface area contributed by atoms with Crippen LogP contribution in [0.1, 0.15) is 50.4 Å². The number of halogens is 2. The summed E-state index contributed by atoms with van der Waals surface area (Å²) in [6.07, 6.45) is 1.71. The highest BCUT2D eigenvalue weighted by Crippen LogP contribution is 2.37. The number of rotatable bonds is 9. The molecule has 0 saturated heterocycles. The van der Waals surface area contributed by atoms with E-state index in [1.54, 1.807) is 18.4 Å². The van der Waals surface area contributed by atoms with E-state index in [-0.39, 0.29) is 18.3 Å². The van der Waals surface area contributed by atoms with Gasteiger partial charge in [0.2, 0.25) is 0 Å². The molecule has 2 heterocycles. The van der Waals surface area contributed by atoms with Gasteiger partial charge in [0.15, 0.2) is 4.80 Å². The summed E-state index contributed by atoms with van der Waals surface area (Å²) < 4.78 is 21.1. The Hall–Kier alpha value is -3.47. The molecule has 1 aliphatic rings.